The Labute approximate surface area is 109 Å². The SMILES string of the molecule is CSc1ccc(C(O)CC#CC(C)(C)C)cc1. The van der Waals surface area contributed by atoms with E-state index in [0.29, 0.717) is 6.42 Å². The lowest BCUT2D eigenvalue weighted by Gasteiger charge is -2.10. The highest BCUT2D eigenvalue weighted by atomic mass is 32.2. The molecule has 2 heteroatoms. The fourth-order valence-electron chi connectivity index (χ4n) is 1.36. The van der Waals surface area contributed by atoms with Crippen LogP contribution in [-0.2, 0) is 0 Å². The van der Waals surface area contributed by atoms with E-state index in [4.69, 9.17) is 0 Å². The van der Waals surface area contributed by atoms with Gasteiger partial charge in [0, 0.05) is 16.7 Å². The van der Waals surface area contributed by atoms with E-state index in [2.05, 4.69) is 32.6 Å². The molecule has 1 aromatic carbocycles. The third-order valence-electron chi connectivity index (χ3n) is 2.26. The second-order valence-corrected chi connectivity index (χ2v) is 5.92. The molecule has 0 spiro atoms. The highest BCUT2D eigenvalue weighted by molar-refractivity contribution is 7.98. The number of benzene rings is 1. The maximum absolute atomic E-state index is 9.97. The number of hydrogen-bond donors (Lipinski definition) is 1. The summed E-state index contributed by atoms with van der Waals surface area (Å²) in [5.41, 5.74) is 0.939. The Bertz CT molecular complexity index is 403. The van der Waals surface area contributed by atoms with Gasteiger partial charge in [-0.25, -0.2) is 0 Å². The van der Waals surface area contributed by atoms with Crippen molar-refractivity contribution in [2.75, 3.05) is 6.26 Å². The zero-order chi connectivity index (χ0) is 12.9. The Morgan fingerprint density at radius 3 is 2.29 bits per heavy atom. The molecule has 0 radical (unpaired) electrons. The van der Waals surface area contributed by atoms with Gasteiger partial charge >= 0.3 is 0 Å². The maximum atomic E-state index is 9.97. The predicted molar refractivity (Wildman–Crippen MR) is 75.0 cm³/mol. The summed E-state index contributed by atoms with van der Waals surface area (Å²) in [6.07, 6.45) is 2.05. The summed E-state index contributed by atoms with van der Waals surface area (Å²) >= 11 is 1.70. The number of hydrogen-bond acceptors (Lipinski definition) is 2. The Balaban J connectivity index is 2.62. The van der Waals surface area contributed by atoms with Crippen LogP contribution in [0.1, 0.15) is 38.9 Å². The molecule has 0 saturated carbocycles. The van der Waals surface area contributed by atoms with Crippen molar-refractivity contribution in [3.05, 3.63) is 29.8 Å². The smallest absolute Gasteiger partial charge is 0.0899 e. The summed E-state index contributed by atoms with van der Waals surface area (Å²) < 4.78 is 0. The van der Waals surface area contributed by atoms with Crippen LogP contribution in [0.5, 0.6) is 0 Å². The fraction of sp³-hybridized carbons (Fsp3) is 0.467. The van der Waals surface area contributed by atoms with Crippen molar-refractivity contribution in [3.8, 4) is 11.8 Å². The first-order valence-electron chi connectivity index (χ1n) is 5.74. The standard InChI is InChI=1S/C15H20OS/c1-15(2,3)11-5-6-14(16)12-7-9-13(17-4)10-8-12/h7-10,14,16H,6H2,1-4H3. The molecule has 0 saturated heterocycles. The van der Waals surface area contributed by atoms with Gasteiger partial charge in [0.15, 0.2) is 0 Å². The summed E-state index contributed by atoms with van der Waals surface area (Å²) in [4.78, 5) is 1.21. The van der Waals surface area contributed by atoms with Crippen LogP contribution in [0.2, 0.25) is 0 Å². The second-order valence-electron chi connectivity index (χ2n) is 5.04. The Morgan fingerprint density at radius 2 is 1.82 bits per heavy atom. The Hall–Kier alpha value is -0.910. The van der Waals surface area contributed by atoms with Crippen molar-refractivity contribution < 1.29 is 5.11 Å². The molecule has 92 valence electrons. The Morgan fingerprint density at radius 1 is 1.24 bits per heavy atom. The summed E-state index contributed by atoms with van der Waals surface area (Å²) in [6.45, 7) is 6.21. The number of thioether (sulfide) groups is 1. The van der Waals surface area contributed by atoms with Crippen molar-refractivity contribution >= 4 is 11.8 Å². The molecule has 1 atom stereocenters. The number of aliphatic hydroxyl groups excluding tert-OH is 1. The molecule has 1 unspecified atom stereocenters. The zero-order valence-electron chi connectivity index (χ0n) is 10.9. The minimum Gasteiger partial charge on any atom is -0.387 e. The molecule has 1 N–H and O–H groups in total. The lowest BCUT2D eigenvalue weighted by molar-refractivity contribution is 0.184. The third kappa shape index (κ3) is 5.30. The third-order valence-corrected chi connectivity index (χ3v) is 3.00. The molecule has 1 nitrogen and oxygen atoms in total. The average molecular weight is 248 g/mol. The monoisotopic (exact) mass is 248 g/mol. The van der Waals surface area contributed by atoms with E-state index in [0.717, 1.165) is 5.56 Å². The van der Waals surface area contributed by atoms with Crippen LogP contribution in [0.3, 0.4) is 0 Å². The lowest BCUT2D eigenvalue weighted by Crippen LogP contribution is -2.00. The van der Waals surface area contributed by atoms with Crippen LogP contribution in [0, 0.1) is 17.3 Å². The van der Waals surface area contributed by atoms with Crippen LogP contribution in [0.4, 0.5) is 0 Å². The summed E-state index contributed by atoms with van der Waals surface area (Å²) in [5.74, 6) is 6.18. The highest BCUT2D eigenvalue weighted by Gasteiger charge is 2.07. The van der Waals surface area contributed by atoms with Crippen LogP contribution in [0.25, 0.3) is 0 Å². The van der Waals surface area contributed by atoms with Crippen molar-refractivity contribution in [1.29, 1.82) is 0 Å². The summed E-state index contributed by atoms with van der Waals surface area (Å²) in [5, 5.41) is 9.97. The molecule has 0 fully saturated rings. The topological polar surface area (TPSA) is 20.2 Å². The van der Waals surface area contributed by atoms with E-state index < -0.39 is 6.10 Å². The maximum Gasteiger partial charge on any atom is 0.0899 e. The molecular weight excluding hydrogens is 228 g/mol. The summed E-state index contributed by atoms with van der Waals surface area (Å²) in [6, 6.07) is 7.99. The van der Waals surface area contributed by atoms with Crippen molar-refractivity contribution in [1.82, 2.24) is 0 Å². The quantitative estimate of drug-likeness (QED) is 0.647. The van der Waals surface area contributed by atoms with Gasteiger partial charge in [0.2, 0.25) is 0 Å². The van der Waals surface area contributed by atoms with E-state index in [9.17, 15) is 5.11 Å². The molecule has 0 aliphatic heterocycles. The van der Waals surface area contributed by atoms with E-state index >= 15 is 0 Å². The van der Waals surface area contributed by atoms with Gasteiger partial charge in [0.05, 0.1) is 6.10 Å². The summed E-state index contributed by atoms with van der Waals surface area (Å²) in [7, 11) is 0. The van der Waals surface area contributed by atoms with Crippen molar-refractivity contribution in [2.45, 2.75) is 38.2 Å². The Kier molecular flexibility index (Phi) is 5.11. The van der Waals surface area contributed by atoms with Gasteiger partial charge in [-0.05, 0) is 44.7 Å². The van der Waals surface area contributed by atoms with Crippen molar-refractivity contribution in [3.63, 3.8) is 0 Å². The number of rotatable bonds is 3. The molecule has 0 heterocycles. The largest absolute Gasteiger partial charge is 0.387 e. The minimum absolute atomic E-state index is 0.00241. The second kappa shape index (κ2) is 6.14. The molecule has 0 bridgehead atoms. The van der Waals surface area contributed by atoms with Gasteiger partial charge in [-0.1, -0.05) is 24.0 Å². The molecule has 0 aliphatic carbocycles. The molecule has 1 rings (SSSR count). The molecule has 0 amide bonds. The van der Waals surface area contributed by atoms with Gasteiger partial charge < -0.3 is 5.11 Å². The highest BCUT2D eigenvalue weighted by Crippen LogP contribution is 2.21. The first-order chi connectivity index (χ1) is 7.92. The molecule has 0 aliphatic rings. The van der Waals surface area contributed by atoms with Crippen LogP contribution >= 0.6 is 11.8 Å². The lowest BCUT2D eigenvalue weighted by atomic mass is 9.97. The van der Waals surface area contributed by atoms with Crippen LogP contribution in [-0.4, -0.2) is 11.4 Å². The van der Waals surface area contributed by atoms with Crippen molar-refractivity contribution in [2.24, 2.45) is 5.41 Å². The van der Waals surface area contributed by atoms with Gasteiger partial charge in [-0.15, -0.1) is 11.8 Å². The van der Waals surface area contributed by atoms with E-state index in [1.54, 1.807) is 11.8 Å². The first kappa shape index (κ1) is 14.2. The van der Waals surface area contributed by atoms with E-state index in [1.165, 1.54) is 4.90 Å². The molecule has 0 aromatic heterocycles. The predicted octanol–water partition coefficient (Wildman–Crippen LogP) is 3.88. The number of aliphatic hydroxyl groups is 1. The minimum atomic E-state index is -0.485. The van der Waals surface area contributed by atoms with Gasteiger partial charge in [0.1, 0.15) is 0 Å². The van der Waals surface area contributed by atoms with Gasteiger partial charge in [0.25, 0.3) is 0 Å². The average Bonchev–Trinajstić information content (AvgIpc) is 2.27. The fourth-order valence-corrected chi connectivity index (χ4v) is 1.77. The van der Waals surface area contributed by atoms with Gasteiger partial charge in [-0.2, -0.15) is 0 Å². The van der Waals surface area contributed by atoms with Crippen LogP contribution < -0.4 is 0 Å². The first-order valence-corrected chi connectivity index (χ1v) is 6.97. The molecule has 1 aromatic rings. The van der Waals surface area contributed by atoms with E-state index in [-0.39, 0.29) is 5.41 Å². The normalized spacial score (nSPS) is 12.8. The van der Waals surface area contributed by atoms with E-state index in [1.807, 2.05) is 30.5 Å². The van der Waals surface area contributed by atoms with Gasteiger partial charge in [-0.3, -0.25) is 0 Å². The van der Waals surface area contributed by atoms with Crippen LogP contribution in [0.15, 0.2) is 29.2 Å². The molecular formula is C15H20OS. The molecule has 17 heavy (non-hydrogen) atoms. The zero-order valence-corrected chi connectivity index (χ0v) is 11.8.